The largest absolute Gasteiger partial charge is 0.486 e. The molecule has 0 bridgehead atoms. The molecule has 0 spiro atoms. The SMILES string of the molecule is Cc1ccc(CCCC2CCCNC2)c2[nH]c(COc3ccc(Cl)cc3)nc12. The molecule has 5 heteroatoms. The molecule has 2 N–H and O–H groups in total. The van der Waals surface area contributed by atoms with Gasteiger partial charge in [-0.1, -0.05) is 23.7 Å². The zero-order chi connectivity index (χ0) is 19.3. The highest BCUT2D eigenvalue weighted by atomic mass is 35.5. The third-order valence-corrected chi connectivity index (χ3v) is 5.88. The molecule has 148 valence electrons. The molecule has 1 fully saturated rings. The van der Waals surface area contributed by atoms with Crippen molar-refractivity contribution in [3.8, 4) is 5.75 Å². The normalized spacial score (nSPS) is 17.1. The molecule has 0 amide bonds. The molecule has 0 aliphatic carbocycles. The molecular formula is C23H28ClN3O. The predicted molar refractivity (Wildman–Crippen MR) is 115 cm³/mol. The van der Waals surface area contributed by atoms with Crippen LogP contribution in [-0.2, 0) is 13.0 Å². The van der Waals surface area contributed by atoms with Crippen molar-refractivity contribution in [1.82, 2.24) is 15.3 Å². The number of piperidine rings is 1. The molecular weight excluding hydrogens is 370 g/mol. The van der Waals surface area contributed by atoms with E-state index < -0.39 is 0 Å². The summed E-state index contributed by atoms with van der Waals surface area (Å²) in [7, 11) is 0. The van der Waals surface area contributed by atoms with E-state index in [1.54, 1.807) is 0 Å². The van der Waals surface area contributed by atoms with E-state index in [2.05, 4.69) is 29.4 Å². The average molecular weight is 398 g/mol. The lowest BCUT2D eigenvalue weighted by atomic mass is 9.92. The minimum Gasteiger partial charge on any atom is -0.486 e. The summed E-state index contributed by atoms with van der Waals surface area (Å²) in [4.78, 5) is 8.29. The average Bonchev–Trinajstić information content (AvgIpc) is 3.16. The molecule has 3 aromatic rings. The summed E-state index contributed by atoms with van der Waals surface area (Å²) in [5.74, 6) is 2.49. The van der Waals surface area contributed by atoms with Crippen molar-refractivity contribution in [2.24, 2.45) is 5.92 Å². The van der Waals surface area contributed by atoms with Gasteiger partial charge in [0.15, 0.2) is 0 Å². The number of aromatic nitrogens is 2. The highest BCUT2D eigenvalue weighted by Gasteiger charge is 2.14. The van der Waals surface area contributed by atoms with Gasteiger partial charge in [-0.3, -0.25) is 0 Å². The second-order valence-electron chi connectivity index (χ2n) is 7.80. The van der Waals surface area contributed by atoms with Crippen molar-refractivity contribution in [1.29, 1.82) is 0 Å². The first-order valence-electron chi connectivity index (χ1n) is 10.3. The van der Waals surface area contributed by atoms with Crippen LogP contribution < -0.4 is 10.1 Å². The number of benzene rings is 2. The molecule has 4 rings (SSSR count). The van der Waals surface area contributed by atoms with Gasteiger partial charge >= 0.3 is 0 Å². The fourth-order valence-electron chi connectivity index (χ4n) is 4.04. The van der Waals surface area contributed by atoms with Crippen molar-refractivity contribution < 1.29 is 4.74 Å². The smallest absolute Gasteiger partial charge is 0.146 e. The van der Waals surface area contributed by atoms with Crippen LogP contribution in [0.15, 0.2) is 36.4 Å². The number of H-pyrrole nitrogens is 1. The second kappa shape index (κ2) is 8.97. The Morgan fingerprint density at radius 2 is 2.04 bits per heavy atom. The fraction of sp³-hybridized carbons (Fsp3) is 0.435. The van der Waals surface area contributed by atoms with Gasteiger partial charge in [0.2, 0.25) is 0 Å². The number of halogens is 1. The van der Waals surface area contributed by atoms with Crippen molar-refractivity contribution in [3.63, 3.8) is 0 Å². The number of aromatic amines is 1. The van der Waals surface area contributed by atoms with E-state index >= 15 is 0 Å². The van der Waals surface area contributed by atoms with E-state index in [4.69, 9.17) is 21.3 Å². The number of fused-ring (bicyclic) bond motifs is 1. The van der Waals surface area contributed by atoms with E-state index in [9.17, 15) is 0 Å². The van der Waals surface area contributed by atoms with Gasteiger partial charge in [-0.2, -0.15) is 0 Å². The molecule has 28 heavy (non-hydrogen) atoms. The molecule has 0 radical (unpaired) electrons. The number of ether oxygens (including phenoxy) is 1. The maximum atomic E-state index is 5.93. The Kier molecular flexibility index (Phi) is 6.18. The van der Waals surface area contributed by atoms with Crippen LogP contribution in [0.1, 0.15) is 42.6 Å². The Morgan fingerprint density at radius 1 is 1.18 bits per heavy atom. The molecule has 0 saturated carbocycles. The van der Waals surface area contributed by atoms with Gasteiger partial charge in [-0.05, 0) is 93.4 Å². The van der Waals surface area contributed by atoms with E-state index in [0.717, 1.165) is 34.9 Å². The van der Waals surface area contributed by atoms with Crippen LogP contribution in [-0.4, -0.2) is 23.1 Å². The topological polar surface area (TPSA) is 49.9 Å². The number of nitrogens with zero attached hydrogens (tertiary/aromatic N) is 1. The van der Waals surface area contributed by atoms with Gasteiger partial charge in [-0.25, -0.2) is 4.98 Å². The third kappa shape index (κ3) is 4.68. The number of hydrogen-bond donors (Lipinski definition) is 2. The summed E-state index contributed by atoms with van der Waals surface area (Å²) < 4.78 is 5.86. The monoisotopic (exact) mass is 397 g/mol. The van der Waals surface area contributed by atoms with Gasteiger partial charge in [0.1, 0.15) is 18.2 Å². The molecule has 1 unspecified atom stereocenters. The van der Waals surface area contributed by atoms with Gasteiger partial charge in [-0.15, -0.1) is 0 Å². The highest BCUT2D eigenvalue weighted by molar-refractivity contribution is 6.30. The maximum Gasteiger partial charge on any atom is 0.146 e. The molecule has 1 aromatic heterocycles. The molecule has 1 atom stereocenters. The summed E-state index contributed by atoms with van der Waals surface area (Å²) in [6.07, 6.45) is 6.29. The van der Waals surface area contributed by atoms with Crippen molar-refractivity contribution in [2.75, 3.05) is 13.1 Å². The van der Waals surface area contributed by atoms with Crippen LogP contribution in [0.3, 0.4) is 0 Å². The quantitative estimate of drug-likeness (QED) is 0.559. The number of nitrogens with one attached hydrogen (secondary N) is 2. The predicted octanol–water partition coefficient (Wildman–Crippen LogP) is 5.43. The molecule has 2 heterocycles. The summed E-state index contributed by atoms with van der Waals surface area (Å²) >= 11 is 5.93. The molecule has 4 nitrogen and oxygen atoms in total. The Bertz CT molecular complexity index is 913. The molecule has 1 saturated heterocycles. The van der Waals surface area contributed by atoms with Crippen molar-refractivity contribution in [2.45, 2.75) is 45.6 Å². The zero-order valence-corrected chi connectivity index (χ0v) is 17.2. The summed E-state index contributed by atoms with van der Waals surface area (Å²) in [6, 6.07) is 11.9. The lowest BCUT2D eigenvalue weighted by Crippen LogP contribution is -2.29. The molecule has 1 aliphatic rings. The van der Waals surface area contributed by atoms with Gasteiger partial charge in [0.25, 0.3) is 0 Å². The van der Waals surface area contributed by atoms with Crippen LogP contribution in [0.4, 0.5) is 0 Å². The Morgan fingerprint density at radius 3 is 2.82 bits per heavy atom. The van der Waals surface area contributed by atoms with Crippen LogP contribution in [0, 0.1) is 12.8 Å². The van der Waals surface area contributed by atoms with Gasteiger partial charge in [0, 0.05) is 5.02 Å². The van der Waals surface area contributed by atoms with Crippen LogP contribution >= 0.6 is 11.6 Å². The number of hydrogen-bond acceptors (Lipinski definition) is 3. The number of aryl methyl sites for hydroxylation is 2. The fourth-order valence-corrected chi connectivity index (χ4v) is 4.16. The summed E-state index contributed by atoms with van der Waals surface area (Å²) in [5, 5.41) is 4.23. The molecule has 2 aromatic carbocycles. The third-order valence-electron chi connectivity index (χ3n) is 5.63. The van der Waals surface area contributed by atoms with Crippen LogP contribution in [0.2, 0.25) is 5.02 Å². The van der Waals surface area contributed by atoms with Gasteiger partial charge < -0.3 is 15.0 Å². The first-order valence-corrected chi connectivity index (χ1v) is 10.6. The molecule has 1 aliphatic heterocycles. The first-order chi connectivity index (χ1) is 13.7. The highest BCUT2D eigenvalue weighted by Crippen LogP contribution is 2.24. The lowest BCUT2D eigenvalue weighted by molar-refractivity contribution is 0.297. The minimum absolute atomic E-state index is 0.420. The van der Waals surface area contributed by atoms with E-state index in [-0.39, 0.29) is 0 Å². The van der Waals surface area contributed by atoms with Crippen molar-refractivity contribution >= 4 is 22.6 Å². The minimum atomic E-state index is 0.420. The Labute approximate surface area is 171 Å². The maximum absolute atomic E-state index is 5.93. The lowest BCUT2D eigenvalue weighted by Gasteiger charge is -2.22. The number of rotatable bonds is 7. The first kappa shape index (κ1) is 19.3. The summed E-state index contributed by atoms with van der Waals surface area (Å²) in [5.41, 5.74) is 4.78. The second-order valence-corrected chi connectivity index (χ2v) is 8.23. The summed E-state index contributed by atoms with van der Waals surface area (Å²) in [6.45, 7) is 4.90. The van der Waals surface area contributed by atoms with Crippen LogP contribution in [0.5, 0.6) is 5.75 Å². The van der Waals surface area contributed by atoms with Crippen LogP contribution in [0.25, 0.3) is 11.0 Å². The number of imidazole rings is 1. The van der Waals surface area contributed by atoms with E-state index in [1.165, 1.54) is 49.9 Å². The van der Waals surface area contributed by atoms with Gasteiger partial charge in [0.05, 0.1) is 11.0 Å². The zero-order valence-electron chi connectivity index (χ0n) is 16.4. The van der Waals surface area contributed by atoms with Crippen molar-refractivity contribution in [3.05, 3.63) is 58.4 Å². The Balaban J connectivity index is 1.42. The van der Waals surface area contributed by atoms with E-state index in [0.29, 0.717) is 11.6 Å². The standard InChI is InChI=1S/C23H28ClN3O/c1-16-7-8-18(6-2-4-17-5-3-13-25-14-17)23-22(16)26-21(27-23)15-28-20-11-9-19(24)10-12-20/h7-12,17,25H,2-6,13-15H2,1H3,(H,26,27). The Hall–Kier alpha value is -2.04. The van der Waals surface area contributed by atoms with E-state index in [1.807, 2.05) is 24.3 Å².